The summed E-state index contributed by atoms with van der Waals surface area (Å²) in [5.74, 6) is 1.25. The van der Waals surface area contributed by atoms with E-state index in [1.54, 1.807) is 31.4 Å². The number of fused-ring (bicyclic) bond motifs is 1. The number of carbonyl (C=O) groups excluding carboxylic acids is 1. The van der Waals surface area contributed by atoms with Crippen molar-refractivity contribution in [2.24, 2.45) is 0 Å². The fourth-order valence-corrected chi connectivity index (χ4v) is 4.29. The van der Waals surface area contributed by atoms with E-state index < -0.39 is 10.0 Å². The van der Waals surface area contributed by atoms with Crippen LogP contribution in [-0.2, 0) is 14.8 Å². The molecule has 170 valence electrons. The molecule has 7 nitrogen and oxygen atoms in total. The van der Waals surface area contributed by atoms with Crippen LogP contribution in [0, 0.1) is 0 Å². The fourth-order valence-electron chi connectivity index (χ4n) is 3.32. The summed E-state index contributed by atoms with van der Waals surface area (Å²) < 4.78 is 36.5. The molecule has 0 heterocycles. The molecule has 0 spiro atoms. The Bertz CT molecular complexity index is 1150. The number of nitrogens with one attached hydrogen (secondary N) is 1. The number of sulfonamides is 1. The van der Waals surface area contributed by atoms with E-state index >= 15 is 0 Å². The Morgan fingerprint density at radius 1 is 0.969 bits per heavy atom. The molecule has 0 atom stereocenters. The van der Waals surface area contributed by atoms with Crippen LogP contribution in [-0.4, -0.2) is 47.4 Å². The molecule has 0 fully saturated rings. The number of ether oxygens (including phenoxy) is 2. The number of methoxy groups -OCH3 is 1. The minimum absolute atomic E-state index is 0.143. The van der Waals surface area contributed by atoms with Gasteiger partial charge in [0.15, 0.2) is 0 Å². The monoisotopic (exact) mass is 456 g/mol. The van der Waals surface area contributed by atoms with Gasteiger partial charge in [-0.25, -0.2) is 8.42 Å². The zero-order chi connectivity index (χ0) is 23.0. The molecule has 0 saturated heterocycles. The number of hydrogen-bond acceptors (Lipinski definition) is 5. The third-order valence-electron chi connectivity index (χ3n) is 4.94. The zero-order valence-electron chi connectivity index (χ0n) is 18.3. The maximum absolute atomic E-state index is 12.2. The number of anilines is 1. The molecule has 0 aromatic heterocycles. The van der Waals surface area contributed by atoms with Gasteiger partial charge < -0.3 is 14.8 Å². The lowest BCUT2D eigenvalue weighted by Crippen LogP contribution is -2.32. The van der Waals surface area contributed by atoms with Gasteiger partial charge in [0.1, 0.15) is 18.1 Å². The normalized spacial score (nSPS) is 11.2. The fraction of sp³-hybridized carbons (Fsp3) is 0.292. The first-order valence-electron chi connectivity index (χ1n) is 10.4. The standard InChI is InChI=1S/C24H28N2O5S/c1-30-22-13-10-21(11-14-22)26(32(2,28)29)16-5-8-24(27)25-15-17-31-23-12-9-19-6-3-4-7-20(19)18-23/h3-4,6-7,9-14,18H,5,8,15-17H2,1-2H3,(H,25,27). The summed E-state index contributed by atoms with van der Waals surface area (Å²) in [5.41, 5.74) is 0.539. The molecule has 3 aromatic carbocycles. The molecule has 0 aliphatic rings. The predicted molar refractivity (Wildman–Crippen MR) is 127 cm³/mol. The summed E-state index contributed by atoms with van der Waals surface area (Å²) >= 11 is 0. The predicted octanol–water partition coefficient (Wildman–Crippen LogP) is 3.59. The van der Waals surface area contributed by atoms with E-state index in [0.29, 0.717) is 31.0 Å². The van der Waals surface area contributed by atoms with Crippen molar-refractivity contribution in [3.8, 4) is 11.5 Å². The Labute approximate surface area is 189 Å². The van der Waals surface area contributed by atoms with Crippen molar-refractivity contribution in [1.29, 1.82) is 0 Å². The van der Waals surface area contributed by atoms with Crippen molar-refractivity contribution in [2.45, 2.75) is 12.8 Å². The SMILES string of the molecule is COc1ccc(N(CCCC(=O)NCCOc2ccc3ccccc3c2)S(C)(=O)=O)cc1. The Kier molecular flexibility index (Phi) is 7.94. The molecule has 3 aromatic rings. The van der Waals surface area contributed by atoms with E-state index in [9.17, 15) is 13.2 Å². The van der Waals surface area contributed by atoms with Crippen molar-refractivity contribution in [3.05, 3.63) is 66.7 Å². The largest absolute Gasteiger partial charge is 0.497 e. The minimum atomic E-state index is -3.46. The zero-order valence-corrected chi connectivity index (χ0v) is 19.1. The van der Waals surface area contributed by atoms with Gasteiger partial charge in [0, 0.05) is 13.0 Å². The lowest BCUT2D eigenvalue weighted by Gasteiger charge is -2.22. The number of carbonyl (C=O) groups is 1. The highest BCUT2D eigenvalue weighted by molar-refractivity contribution is 7.92. The number of hydrogen-bond donors (Lipinski definition) is 1. The van der Waals surface area contributed by atoms with Gasteiger partial charge in [-0.1, -0.05) is 30.3 Å². The van der Waals surface area contributed by atoms with Crippen LogP contribution in [0.15, 0.2) is 66.7 Å². The van der Waals surface area contributed by atoms with Crippen molar-refractivity contribution in [1.82, 2.24) is 5.32 Å². The van der Waals surface area contributed by atoms with E-state index in [4.69, 9.17) is 9.47 Å². The van der Waals surface area contributed by atoms with Crippen LogP contribution >= 0.6 is 0 Å². The van der Waals surface area contributed by atoms with Crippen LogP contribution in [0.5, 0.6) is 11.5 Å². The smallest absolute Gasteiger partial charge is 0.232 e. The van der Waals surface area contributed by atoms with Crippen molar-refractivity contribution in [2.75, 3.05) is 37.4 Å². The molecule has 0 aliphatic heterocycles. The quantitative estimate of drug-likeness (QED) is 0.446. The summed E-state index contributed by atoms with van der Waals surface area (Å²) in [5, 5.41) is 5.05. The van der Waals surface area contributed by atoms with Gasteiger partial charge in [0.05, 0.1) is 25.6 Å². The molecule has 1 amide bonds. The molecule has 32 heavy (non-hydrogen) atoms. The lowest BCUT2D eigenvalue weighted by atomic mass is 10.1. The van der Waals surface area contributed by atoms with E-state index in [1.165, 1.54) is 4.31 Å². The Hall–Kier alpha value is -3.26. The summed E-state index contributed by atoms with van der Waals surface area (Å²) in [4.78, 5) is 12.1. The van der Waals surface area contributed by atoms with Crippen molar-refractivity contribution in [3.63, 3.8) is 0 Å². The average Bonchev–Trinajstić information content (AvgIpc) is 2.79. The maximum Gasteiger partial charge on any atom is 0.232 e. The number of benzene rings is 3. The highest BCUT2D eigenvalue weighted by Gasteiger charge is 2.17. The second-order valence-electron chi connectivity index (χ2n) is 7.34. The first-order valence-corrected chi connectivity index (χ1v) is 12.2. The molecule has 0 unspecified atom stereocenters. The first kappa shape index (κ1) is 23.4. The molecule has 0 bridgehead atoms. The molecule has 0 aliphatic carbocycles. The number of rotatable bonds is 11. The third kappa shape index (κ3) is 6.62. The highest BCUT2D eigenvalue weighted by Crippen LogP contribution is 2.22. The molecule has 8 heteroatoms. The van der Waals surface area contributed by atoms with E-state index in [1.807, 2.05) is 42.5 Å². The van der Waals surface area contributed by atoms with E-state index in [-0.39, 0.29) is 18.9 Å². The van der Waals surface area contributed by atoms with Crippen LogP contribution in [0.25, 0.3) is 10.8 Å². The molecule has 1 N–H and O–H groups in total. The number of nitrogens with zero attached hydrogens (tertiary/aromatic N) is 1. The molecule has 0 radical (unpaired) electrons. The van der Waals surface area contributed by atoms with Gasteiger partial charge in [-0.15, -0.1) is 0 Å². The Morgan fingerprint density at radius 2 is 1.66 bits per heavy atom. The van der Waals surface area contributed by atoms with Gasteiger partial charge in [0.25, 0.3) is 0 Å². The van der Waals surface area contributed by atoms with Crippen LogP contribution in [0.3, 0.4) is 0 Å². The Balaban J connectivity index is 1.41. The van der Waals surface area contributed by atoms with E-state index in [0.717, 1.165) is 22.8 Å². The molecule has 3 rings (SSSR count). The lowest BCUT2D eigenvalue weighted by molar-refractivity contribution is -0.121. The summed E-state index contributed by atoms with van der Waals surface area (Å²) in [6.45, 7) is 0.942. The first-order chi connectivity index (χ1) is 15.4. The minimum Gasteiger partial charge on any atom is -0.497 e. The van der Waals surface area contributed by atoms with Crippen LogP contribution in [0.4, 0.5) is 5.69 Å². The van der Waals surface area contributed by atoms with Gasteiger partial charge >= 0.3 is 0 Å². The van der Waals surface area contributed by atoms with Crippen LogP contribution < -0.4 is 19.1 Å². The summed E-state index contributed by atoms with van der Waals surface area (Å²) in [6.07, 6.45) is 1.77. The average molecular weight is 457 g/mol. The topological polar surface area (TPSA) is 84.9 Å². The molecular formula is C24H28N2O5S. The Morgan fingerprint density at radius 3 is 2.34 bits per heavy atom. The number of amides is 1. The second kappa shape index (κ2) is 10.9. The van der Waals surface area contributed by atoms with Gasteiger partial charge in [-0.05, 0) is 53.6 Å². The van der Waals surface area contributed by atoms with Crippen molar-refractivity contribution < 1.29 is 22.7 Å². The second-order valence-corrected chi connectivity index (χ2v) is 9.25. The molecular weight excluding hydrogens is 428 g/mol. The van der Waals surface area contributed by atoms with Gasteiger partial charge in [0.2, 0.25) is 15.9 Å². The molecule has 0 saturated carbocycles. The van der Waals surface area contributed by atoms with Gasteiger partial charge in [-0.3, -0.25) is 9.10 Å². The van der Waals surface area contributed by atoms with Crippen LogP contribution in [0.1, 0.15) is 12.8 Å². The van der Waals surface area contributed by atoms with E-state index in [2.05, 4.69) is 5.32 Å². The van der Waals surface area contributed by atoms with Gasteiger partial charge in [-0.2, -0.15) is 0 Å². The maximum atomic E-state index is 12.2. The van der Waals surface area contributed by atoms with Crippen LogP contribution in [0.2, 0.25) is 0 Å². The summed E-state index contributed by atoms with van der Waals surface area (Å²) in [6, 6.07) is 20.7. The highest BCUT2D eigenvalue weighted by atomic mass is 32.2. The third-order valence-corrected chi connectivity index (χ3v) is 6.13. The van der Waals surface area contributed by atoms with Crippen molar-refractivity contribution >= 4 is 32.4 Å². The summed E-state index contributed by atoms with van der Waals surface area (Å²) in [7, 11) is -1.91.